The monoisotopic (exact) mass is 447 g/mol. The first-order valence-corrected chi connectivity index (χ1v) is 10.1. The smallest absolute Gasteiger partial charge is 0.224 e. The quantitative estimate of drug-likeness (QED) is 0.466. The normalized spacial score (nSPS) is 16.7. The lowest BCUT2D eigenvalue weighted by Gasteiger charge is -2.36. The van der Waals surface area contributed by atoms with Gasteiger partial charge in [-0.2, -0.15) is 0 Å². The molecule has 1 aromatic heterocycles. The first-order valence-electron chi connectivity index (χ1n) is 10.1. The van der Waals surface area contributed by atoms with Crippen LogP contribution in [0.5, 0.6) is 0 Å². The van der Waals surface area contributed by atoms with Gasteiger partial charge in [0.25, 0.3) is 0 Å². The lowest BCUT2D eigenvalue weighted by molar-refractivity contribution is -0.135. The van der Waals surface area contributed by atoms with E-state index in [1.807, 2.05) is 0 Å². The van der Waals surface area contributed by atoms with Crippen molar-refractivity contribution in [1.82, 2.24) is 19.9 Å². The second-order valence-electron chi connectivity index (χ2n) is 7.84. The SMILES string of the molecule is N[C@@H](CC(=O)N1CCn2nncc2C1Cc1ccc(F)cc1)Cc1cc(F)c(F)cc1F. The molecule has 2 aromatic carbocycles. The molecule has 1 aliphatic rings. The largest absolute Gasteiger partial charge is 0.332 e. The predicted molar refractivity (Wildman–Crippen MR) is 107 cm³/mol. The Kier molecular flexibility index (Phi) is 6.22. The molecule has 3 aromatic rings. The molecule has 1 aliphatic heterocycles. The van der Waals surface area contributed by atoms with Crippen LogP contribution in [0.4, 0.5) is 17.6 Å². The number of benzene rings is 2. The van der Waals surface area contributed by atoms with Gasteiger partial charge in [-0.3, -0.25) is 4.79 Å². The van der Waals surface area contributed by atoms with Crippen molar-refractivity contribution in [3.05, 3.63) is 82.7 Å². The van der Waals surface area contributed by atoms with Gasteiger partial charge in [0.05, 0.1) is 24.5 Å². The Bertz CT molecular complexity index is 1120. The number of nitrogens with zero attached hydrogens (tertiary/aromatic N) is 4. The third kappa shape index (κ3) is 4.64. The molecular formula is C22H21F4N5O. The average molecular weight is 447 g/mol. The molecule has 4 rings (SSSR count). The number of hydrogen-bond donors (Lipinski definition) is 1. The van der Waals surface area contributed by atoms with E-state index in [2.05, 4.69) is 10.3 Å². The molecule has 0 saturated carbocycles. The highest BCUT2D eigenvalue weighted by Gasteiger charge is 2.33. The topological polar surface area (TPSA) is 77.0 Å². The van der Waals surface area contributed by atoms with Crippen LogP contribution in [0.15, 0.2) is 42.6 Å². The third-order valence-electron chi connectivity index (χ3n) is 5.59. The van der Waals surface area contributed by atoms with Crippen LogP contribution in [-0.2, 0) is 24.2 Å². The van der Waals surface area contributed by atoms with E-state index in [1.165, 1.54) is 12.1 Å². The first-order chi connectivity index (χ1) is 15.3. The van der Waals surface area contributed by atoms with E-state index in [-0.39, 0.29) is 36.2 Å². The summed E-state index contributed by atoms with van der Waals surface area (Å²) >= 11 is 0. The lowest BCUT2D eigenvalue weighted by atomic mass is 9.98. The Morgan fingerprint density at radius 1 is 1.06 bits per heavy atom. The summed E-state index contributed by atoms with van der Waals surface area (Å²) in [5.74, 6) is -3.98. The molecular weight excluding hydrogens is 426 g/mol. The zero-order chi connectivity index (χ0) is 22.8. The van der Waals surface area contributed by atoms with Crippen LogP contribution < -0.4 is 5.73 Å². The Morgan fingerprint density at radius 2 is 1.78 bits per heavy atom. The van der Waals surface area contributed by atoms with Gasteiger partial charge in [0, 0.05) is 25.1 Å². The van der Waals surface area contributed by atoms with Gasteiger partial charge < -0.3 is 10.6 Å². The van der Waals surface area contributed by atoms with E-state index in [1.54, 1.807) is 27.9 Å². The average Bonchev–Trinajstić information content (AvgIpc) is 3.23. The van der Waals surface area contributed by atoms with Crippen molar-refractivity contribution in [2.45, 2.75) is 37.9 Å². The molecule has 6 nitrogen and oxygen atoms in total. The fourth-order valence-electron chi connectivity index (χ4n) is 3.99. The molecule has 10 heteroatoms. The Balaban J connectivity index is 1.49. The van der Waals surface area contributed by atoms with Crippen molar-refractivity contribution in [3.63, 3.8) is 0 Å². The lowest BCUT2D eigenvalue weighted by Crippen LogP contribution is -2.45. The summed E-state index contributed by atoms with van der Waals surface area (Å²) in [5, 5.41) is 7.96. The molecule has 0 bridgehead atoms. The van der Waals surface area contributed by atoms with E-state index >= 15 is 0 Å². The summed E-state index contributed by atoms with van der Waals surface area (Å²) in [7, 11) is 0. The number of carbonyl (C=O) groups is 1. The maximum atomic E-state index is 13.9. The minimum absolute atomic E-state index is 0.0898. The van der Waals surface area contributed by atoms with Crippen molar-refractivity contribution < 1.29 is 22.4 Å². The summed E-state index contributed by atoms with van der Waals surface area (Å²) in [6.45, 7) is 0.821. The Labute approximate surface area is 181 Å². The molecule has 0 spiro atoms. The third-order valence-corrected chi connectivity index (χ3v) is 5.59. The minimum atomic E-state index is -1.28. The van der Waals surface area contributed by atoms with Crippen molar-refractivity contribution in [3.8, 4) is 0 Å². The van der Waals surface area contributed by atoms with E-state index in [4.69, 9.17) is 5.73 Å². The molecule has 0 saturated heterocycles. The maximum absolute atomic E-state index is 13.9. The minimum Gasteiger partial charge on any atom is -0.332 e. The van der Waals surface area contributed by atoms with Gasteiger partial charge in [-0.25, -0.2) is 22.2 Å². The van der Waals surface area contributed by atoms with Gasteiger partial charge in [0.15, 0.2) is 11.6 Å². The first kappa shape index (κ1) is 21.9. The second kappa shape index (κ2) is 9.07. The van der Waals surface area contributed by atoms with E-state index in [9.17, 15) is 22.4 Å². The van der Waals surface area contributed by atoms with Gasteiger partial charge in [0.1, 0.15) is 11.6 Å². The number of fused-ring (bicyclic) bond motifs is 1. The summed E-state index contributed by atoms with van der Waals surface area (Å²) in [6.07, 6.45) is 1.78. The standard InChI is InChI=1S/C22H21F4N5O/c23-15-3-1-13(2-4-15)7-20-21-12-28-29-31(21)6-5-30(20)22(32)10-16(27)8-14-9-18(25)19(26)11-17(14)24/h1-4,9,11-12,16,20H,5-8,10,27H2/t16-,20?/m1/s1. The van der Waals surface area contributed by atoms with Gasteiger partial charge in [-0.1, -0.05) is 17.3 Å². The number of halogens is 4. The number of aromatic nitrogens is 3. The van der Waals surface area contributed by atoms with Crippen LogP contribution in [0, 0.1) is 23.3 Å². The predicted octanol–water partition coefficient (Wildman–Crippen LogP) is 2.92. The van der Waals surface area contributed by atoms with Crippen LogP contribution in [0.3, 0.4) is 0 Å². The van der Waals surface area contributed by atoms with Gasteiger partial charge in [-0.05, 0) is 42.2 Å². The molecule has 1 amide bonds. The summed E-state index contributed by atoms with van der Waals surface area (Å²) < 4.78 is 55.6. The fourth-order valence-corrected chi connectivity index (χ4v) is 3.99. The summed E-state index contributed by atoms with van der Waals surface area (Å²) in [5.41, 5.74) is 7.54. The molecule has 2 heterocycles. The fraction of sp³-hybridized carbons (Fsp3) is 0.318. The number of carbonyl (C=O) groups excluding carboxylic acids is 1. The van der Waals surface area contributed by atoms with Crippen molar-refractivity contribution in [1.29, 1.82) is 0 Å². The number of nitrogens with two attached hydrogens (primary N) is 1. The molecule has 2 atom stereocenters. The highest BCUT2D eigenvalue weighted by Crippen LogP contribution is 2.29. The van der Waals surface area contributed by atoms with Gasteiger partial charge in [-0.15, -0.1) is 5.10 Å². The summed E-state index contributed by atoms with van der Waals surface area (Å²) in [4.78, 5) is 14.8. The molecule has 168 valence electrons. The molecule has 2 N–H and O–H groups in total. The molecule has 0 radical (unpaired) electrons. The number of rotatable bonds is 6. The van der Waals surface area contributed by atoms with E-state index < -0.39 is 23.5 Å². The van der Waals surface area contributed by atoms with Crippen molar-refractivity contribution >= 4 is 5.91 Å². The van der Waals surface area contributed by atoms with Crippen LogP contribution in [0.25, 0.3) is 0 Å². The Morgan fingerprint density at radius 3 is 2.53 bits per heavy atom. The van der Waals surface area contributed by atoms with Crippen LogP contribution >= 0.6 is 0 Å². The van der Waals surface area contributed by atoms with E-state index in [0.717, 1.165) is 17.3 Å². The second-order valence-corrected chi connectivity index (χ2v) is 7.84. The number of hydrogen-bond acceptors (Lipinski definition) is 4. The van der Waals surface area contributed by atoms with Crippen LogP contribution in [0.2, 0.25) is 0 Å². The maximum Gasteiger partial charge on any atom is 0.224 e. The molecule has 32 heavy (non-hydrogen) atoms. The van der Waals surface area contributed by atoms with Crippen LogP contribution in [-0.4, -0.2) is 38.4 Å². The van der Waals surface area contributed by atoms with Gasteiger partial charge >= 0.3 is 0 Å². The highest BCUT2D eigenvalue weighted by atomic mass is 19.2. The highest BCUT2D eigenvalue weighted by molar-refractivity contribution is 5.77. The zero-order valence-corrected chi connectivity index (χ0v) is 17.0. The van der Waals surface area contributed by atoms with Crippen LogP contribution in [0.1, 0.15) is 29.3 Å². The zero-order valence-electron chi connectivity index (χ0n) is 17.0. The van der Waals surface area contributed by atoms with Gasteiger partial charge in [0.2, 0.25) is 5.91 Å². The van der Waals surface area contributed by atoms with E-state index in [0.29, 0.717) is 25.6 Å². The number of amides is 1. The summed E-state index contributed by atoms with van der Waals surface area (Å²) in [6, 6.07) is 6.06. The Hall–Kier alpha value is -3.27. The molecule has 1 unspecified atom stereocenters. The van der Waals surface area contributed by atoms with Crippen molar-refractivity contribution in [2.75, 3.05) is 6.54 Å². The van der Waals surface area contributed by atoms with Crippen molar-refractivity contribution in [2.24, 2.45) is 5.73 Å². The molecule has 0 fully saturated rings. The molecule has 0 aliphatic carbocycles.